The smallest absolute Gasteiger partial charge is 0.0656 e. The summed E-state index contributed by atoms with van der Waals surface area (Å²) < 4.78 is 0. The van der Waals surface area contributed by atoms with Gasteiger partial charge < -0.3 is 5.32 Å². The largest absolute Gasteiger partial charge is 0.314 e. The normalized spacial score (nSPS) is 34.1. The van der Waals surface area contributed by atoms with Gasteiger partial charge in [0.15, 0.2) is 0 Å². The Hall–Kier alpha value is -0.550. The fourth-order valence-electron chi connectivity index (χ4n) is 2.15. The minimum absolute atomic E-state index is 0.324. The monoisotopic (exact) mass is 178 g/mol. The summed E-state index contributed by atoms with van der Waals surface area (Å²) in [5.74, 6) is 1.29. The van der Waals surface area contributed by atoms with Crippen LogP contribution in [0.15, 0.2) is 0 Å². The van der Waals surface area contributed by atoms with Crippen LogP contribution >= 0.6 is 0 Å². The lowest BCUT2D eigenvalue weighted by Gasteiger charge is -2.26. The zero-order valence-electron chi connectivity index (χ0n) is 8.13. The third kappa shape index (κ3) is 2.70. The predicted molar refractivity (Wildman–Crippen MR) is 52.1 cm³/mol. The van der Waals surface area contributed by atoms with Crippen LogP contribution in [0.1, 0.15) is 38.5 Å². The molecular weight excluding hydrogens is 160 g/mol. The van der Waals surface area contributed by atoms with Crippen LogP contribution in [0.5, 0.6) is 0 Å². The number of hydrogen-bond acceptors (Lipinski definition) is 2. The van der Waals surface area contributed by atoms with Crippen LogP contribution in [0.3, 0.4) is 0 Å². The molecule has 1 N–H and O–H groups in total. The van der Waals surface area contributed by atoms with E-state index in [1.807, 2.05) is 0 Å². The quantitative estimate of drug-likeness (QED) is 0.718. The molecule has 2 nitrogen and oxygen atoms in total. The molecule has 2 rings (SSSR count). The maximum Gasteiger partial charge on any atom is 0.0656 e. The molecule has 0 bridgehead atoms. The van der Waals surface area contributed by atoms with Crippen LogP contribution in [0, 0.1) is 23.2 Å². The summed E-state index contributed by atoms with van der Waals surface area (Å²) in [7, 11) is 0. The molecule has 2 heteroatoms. The first-order valence-electron chi connectivity index (χ1n) is 5.51. The van der Waals surface area contributed by atoms with Crippen LogP contribution < -0.4 is 5.32 Å². The Morgan fingerprint density at radius 1 is 1.23 bits per heavy atom. The van der Waals surface area contributed by atoms with Gasteiger partial charge in [-0.3, -0.25) is 0 Å². The number of rotatable bonds is 3. The second-order valence-corrected chi connectivity index (χ2v) is 4.54. The van der Waals surface area contributed by atoms with E-state index in [0.29, 0.717) is 12.0 Å². The molecule has 72 valence electrons. The van der Waals surface area contributed by atoms with E-state index in [0.717, 1.165) is 18.8 Å². The molecule has 0 spiro atoms. The van der Waals surface area contributed by atoms with Crippen molar-refractivity contribution in [1.82, 2.24) is 5.32 Å². The zero-order chi connectivity index (χ0) is 9.10. The molecule has 13 heavy (non-hydrogen) atoms. The highest BCUT2D eigenvalue weighted by Gasteiger charge is 2.25. The highest BCUT2D eigenvalue weighted by Crippen LogP contribution is 2.29. The number of hydrogen-bond donors (Lipinski definition) is 1. The van der Waals surface area contributed by atoms with Crippen molar-refractivity contribution in [3.63, 3.8) is 0 Å². The van der Waals surface area contributed by atoms with Gasteiger partial charge in [0.25, 0.3) is 0 Å². The molecule has 0 aromatic heterocycles. The summed E-state index contributed by atoms with van der Waals surface area (Å²) in [6.45, 7) is 1.20. The van der Waals surface area contributed by atoms with Crippen LogP contribution in [-0.4, -0.2) is 12.6 Å². The lowest BCUT2D eigenvalue weighted by atomic mass is 9.86. The van der Waals surface area contributed by atoms with Crippen molar-refractivity contribution in [2.75, 3.05) is 6.54 Å². The molecule has 0 aromatic rings. The first-order chi connectivity index (χ1) is 6.38. The molecule has 0 saturated heterocycles. The van der Waals surface area contributed by atoms with Crippen molar-refractivity contribution >= 4 is 0 Å². The summed E-state index contributed by atoms with van der Waals surface area (Å²) in [6, 6.07) is 3.04. The average Bonchev–Trinajstić information content (AvgIpc) is 2.99. The Morgan fingerprint density at radius 3 is 2.77 bits per heavy atom. The average molecular weight is 178 g/mol. The van der Waals surface area contributed by atoms with Gasteiger partial charge in [-0.15, -0.1) is 0 Å². The molecule has 2 fully saturated rings. The molecule has 2 atom stereocenters. The Labute approximate surface area is 80.3 Å². The topological polar surface area (TPSA) is 35.8 Å². The zero-order valence-corrected chi connectivity index (χ0v) is 8.13. The van der Waals surface area contributed by atoms with Gasteiger partial charge in [-0.1, -0.05) is 6.42 Å². The van der Waals surface area contributed by atoms with Gasteiger partial charge in [-0.2, -0.15) is 5.26 Å². The van der Waals surface area contributed by atoms with E-state index in [2.05, 4.69) is 11.4 Å². The third-order valence-electron chi connectivity index (χ3n) is 3.25. The summed E-state index contributed by atoms with van der Waals surface area (Å²) in [5, 5.41) is 12.4. The molecule has 2 aliphatic carbocycles. The van der Waals surface area contributed by atoms with Gasteiger partial charge in [0.2, 0.25) is 0 Å². The lowest BCUT2D eigenvalue weighted by Crippen LogP contribution is -2.35. The molecule has 0 radical (unpaired) electrons. The Bertz CT molecular complexity index is 203. The van der Waals surface area contributed by atoms with Crippen molar-refractivity contribution in [3.8, 4) is 6.07 Å². The van der Waals surface area contributed by atoms with Gasteiger partial charge >= 0.3 is 0 Å². The third-order valence-corrected chi connectivity index (χ3v) is 3.25. The molecule has 0 heterocycles. The standard InChI is InChI=1S/C11H18N2/c12-7-10-2-1-3-11(6-10)13-8-9-4-5-9/h9-11,13H,1-6,8H2. The van der Waals surface area contributed by atoms with Crippen molar-refractivity contribution in [2.24, 2.45) is 11.8 Å². The lowest BCUT2D eigenvalue weighted by molar-refractivity contribution is 0.325. The Balaban J connectivity index is 1.69. The van der Waals surface area contributed by atoms with Crippen molar-refractivity contribution in [1.29, 1.82) is 5.26 Å². The fourth-order valence-corrected chi connectivity index (χ4v) is 2.15. The number of nitriles is 1. The molecule has 2 aliphatic rings. The minimum Gasteiger partial charge on any atom is -0.314 e. The highest BCUT2D eigenvalue weighted by molar-refractivity contribution is 4.90. The maximum absolute atomic E-state index is 8.82. The van der Waals surface area contributed by atoms with E-state index in [1.165, 1.54) is 32.2 Å². The van der Waals surface area contributed by atoms with Crippen LogP contribution in [0.2, 0.25) is 0 Å². The molecule has 2 unspecified atom stereocenters. The van der Waals surface area contributed by atoms with Crippen LogP contribution in [0.25, 0.3) is 0 Å². The molecule has 0 aliphatic heterocycles. The second-order valence-electron chi connectivity index (χ2n) is 4.54. The minimum atomic E-state index is 0.324. The maximum atomic E-state index is 8.82. The van der Waals surface area contributed by atoms with Gasteiger partial charge in [0, 0.05) is 12.0 Å². The predicted octanol–water partition coefficient (Wildman–Crippen LogP) is 2.07. The molecule has 2 saturated carbocycles. The fraction of sp³-hybridized carbons (Fsp3) is 0.909. The Kier molecular flexibility index (Phi) is 2.85. The van der Waals surface area contributed by atoms with E-state index in [9.17, 15) is 0 Å². The summed E-state index contributed by atoms with van der Waals surface area (Å²) in [5.41, 5.74) is 0. The van der Waals surface area contributed by atoms with Crippen LogP contribution in [0.4, 0.5) is 0 Å². The van der Waals surface area contributed by atoms with Crippen molar-refractivity contribution in [3.05, 3.63) is 0 Å². The first kappa shape index (κ1) is 9.02. The molecule has 0 amide bonds. The van der Waals surface area contributed by atoms with E-state index >= 15 is 0 Å². The van der Waals surface area contributed by atoms with E-state index < -0.39 is 0 Å². The van der Waals surface area contributed by atoms with Crippen molar-refractivity contribution < 1.29 is 0 Å². The Morgan fingerprint density at radius 2 is 2.08 bits per heavy atom. The van der Waals surface area contributed by atoms with Gasteiger partial charge in [-0.25, -0.2) is 0 Å². The van der Waals surface area contributed by atoms with E-state index in [-0.39, 0.29) is 0 Å². The highest BCUT2D eigenvalue weighted by atomic mass is 14.9. The van der Waals surface area contributed by atoms with Crippen molar-refractivity contribution in [2.45, 2.75) is 44.6 Å². The summed E-state index contributed by atoms with van der Waals surface area (Å²) in [6.07, 6.45) is 7.57. The molecular formula is C11H18N2. The SMILES string of the molecule is N#CC1CCCC(NCC2CC2)C1. The van der Waals surface area contributed by atoms with Gasteiger partial charge in [-0.05, 0) is 44.6 Å². The summed E-state index contributed by atoms with van der Waals surface area (Å²) in [4.78, 5) is 0. The van der Waals surface area contributed by atoms with Crippen LogP contribution in [-0.2, 0) is 0 Å². The number of nitrogens with one attached hydrogen (secondary N) is 1. The number of nitrogens with zero attached hydrogens (tertiary/aromatic N) is 1. The molecule has 0 aromatic carbocycles. The van der Waals surface area contributed by atoms with Gasteiger partial charge in [0.1, 0.15) is 0 Å². The first-order valence-corrected chi connectivity index (χ1v) is 5.51. The summed E-state index contributed by atoms with van der Waals surface area (Å²) >= 11 is 0. The van der Waals surface area contributed by atoms with E-state index in [4.69, 9.17) is 5.26 Å². The van der Waals surface area contributed by atoms with E-state index in [1.54, 1.807) is 0 Å². The van der Waals surface area contributed by atoms with Gasteiger partial charge in [0.05, 0.1) is 6.07 Å². The second kappa shape index (κ2) is 4.11.